The molecule has 0 radical (unpaired) electrons. The number of nitrogens with one attached hydrogen (secondary N) is 2. The van der Waals surface area contributed by atoms with Crippen LogP contribution in [0.1, 0.15) is 32.6 Å². The van der Waals surface area contributed by atoms with Crippen LogP contribution in [0.3, 0.4) is 0 Å². The Bertz CT molecular complexity index is 245. The molecule has 2 bridgehead atoms. The minimum atomic E-state index is -0.343. The predicted molar refractivity (Wildman–Crippen MR) is 64.7 cm³/mol. The zero-order valence-corrected chi connectivity index (χ0v) is 10.0. The molecule has 4 atom stereocenters. The average molecular weight is 228 g/mol. The monoisotopic (exact) mass is 228 g/mol. The molecule has 4 heteroatoms. The Morgan fingerprint density at radius 1 is 1.47 bits per heavy atom. The van der Waals surface area contributed by atoms with Crippen LogP contribution in [-0.4, -0.2) is 28.9 Å². The van der Waals surface area contributed by atoms with Crippen LogP contribution in [0.25, 0.3) is 0 Å². The first-order valence-electron chi connectivity index (χ1n) is 5.87. The lowest BCUT2D eigenvalue weighted by Gasteiger charge is -2.24. The van der Waals surface area contributed by atoms with Gasteiger partial charge in [-0.15, -0.1) is 0 Å². The molecule has 3 N–H and O–H groups in total. The molecular formula is C11H20N2OS. The Morgan fingerprint density at radius 2 is 2.27 bits per heavy atom. The van der Waals surface area contributed by atoms with Crippen LogP contribution >= 0.6 is 12.2 Å². The number of hydrogen-bond donors (Lipinski definition) is 3. The minimum Gasteiger partial charge on any atom is -0.392 e. The molecule has 0 aliphatic heterocycles. The van der Waals surface area contributed by atoms with E-state index < -0.39 is 0 Å². The van der Waals surface area contributed by atoms with E-state index in [1.54, 1.807) is 6.92 Å². The fraction of sp³-hybridized carbons (Fsp3) is 0.909. The molecule has 0 aromatic carbocycles. The van der Waals surface area contributed by atoms with Gasteiger partial charge in [-0.2, -0.15) is 0 Å². The van der Waals surface area contributed by atoms with Crippen molar-refractivity contribution >= 4 is 17.3 Å². The molecule has 0 aromatic rings. The van der Waals surface area contributed by atoms with Crippen molar-refractivity contribution in [2.75, 3.05) is 6.54 Å². The summed E-state index contributed by atoms with van der Waals surface area (Å²) < 4.78 is 0. The van der Waals surface area contributed by atoms with Gasteiger partial charge in [0.1, 0.15) is 0 Å². The van der Waals surface area contributed by atoms with Crippen LogP contribution in [0.5, 0.6) is 0 Å². The molecule has 0 aromatic heterocycles. The molecule has 3 nitrogen and oxygen atoms in total. The molecule has 86 valence electrons. The van der Waals surface area contributed by atoms with Crippen molar-refractivity contribution in [3.05, 3.63) is 0 Å². The third-order valence-electron chi connectivity index (χ3n) is 3.61. The number of aliphatic hydroxyl groups excluding tert-OH is 1. The lowest BCUT2D eigenvalue weighted by molar-refractivity contribution is 0.197. The van der Waals surface area contributed by atoms with E-state index in [0.717, 1.165) is 11.8 Å². The van der Waals surface area contributed by atoms with Crippen LogP contribution in [-0.2, 0) is 0 Å². The Morgan fingerprint density at radius 3 is 2.80 bits per heavy atom. The van der Waals surface area contributed by atoms with Gasteiger partial charge >= 0.3 is 0 Å². The smallest absolute Gasteiger partial charge is 0.166 e. The van der Waals surface area contributed by atoms with Gasteiger partial charge in [-0.1, -0.05) is 6.42 Å². The predicted octanol–water partition coefficient (Wildman–Crippen LogP) is 1.02. The van der Waals surface area contributed by atoms with Gasteiger partial charge in [0.05, 0.1) is 6.10 Å². The minimum absolute atomic E-state index is 0.343. The second kappa shape index (κ2) is 4.66. The van der Waals surface area contributed by atoms with Crippen LogP contribution < -0.4 is 10.6 Å². The van der Waals surface area contributed by atoms with Crippen molar-refractivity contribution in [3.63, 3.8) is 0 Å². The molecule has 15 heavy (non-hydrogen) atoms. The molecule has 0 heterocycles. The fourth-order valence-corrected chi connectivity index (χ4v) is 3.12. The van der Waals surface area contributed by atoms with Gasteiger partial charge in [0, 0.05) is 12.6 Å². The molecule has 4 unspecified atom stereocenters. The molecule has 0 spiro atoms. The van der Waals surface area contributed by atoms with Gasteiger partial charge in [-0.3, -0.25) is 0 Å². The summed E-state index contributed by atoms with van der Waals surface area (Å²) in [5.74, 6) is 1.77. The zero-order chi connectivity index (χ0) is 10.8. The summed E-state index contributed by atoms with van der Waals surface area (Å²) in [7, 11) is 0. The summed E-state index contributed by atoms with van der Waals surface area (Å²) in [6.07, 6.45) is 5.10. The molecule has 2 fully saturated rings. The highest BCUT2D eigenvalue weighted by Crippen LogP contribution is 2.44. The second-order valence-corrected chi connectivity index (χ2v) is 5.39. The molecule has 2 aliphatic rings. The Kier molecular flexibility index (Phi) is 3.46. The maximum atomic E-state index is 9.12. The number of rotatable bonds is 3. The van der Waals surface area contributed by atoms with Gasteiger partial charge < -0.3 is 15.7 Å². The fourth-order valence-electron chi connectivity index (χ4n) is 2.88. The van der Waals surface area contributed by atoms with E-state index in [4.69, 9.17) is 17.3 Å². The molecule has 2 rings (SSSR count). The standard InChI is InChI=1S/C11H20N2OS/c1-7(14)6-12-11(15)13-10-5-8-2-3-9(10)4-8/h7-10,14H,2-6H2,1H3,(H2,12,13,15). The van der Waals surface area contributed by atoms with E-state index in [0.29, 0.717) is 17.7 Å². The van der Waals surface area contributed by atoms with Gasteiger partial charge in [-0.05, 0) is 50.2 Å². The molecule has 0 amide bonds. The lowest BCUT2D eigenvalue weighted by Crippen LogP contribution is -2.45. The van der Waals surface area contributed by atoms with E-state index in [1.165, 1.54) is 25.7 Å². The van der Waals surface area contributed by atoms with E-state index in [2.05, 4.69) is 10.6 Å². The molecular weight excluding hydrogens is 208 g/mol. The maximum absolute atomic E-state index is 9.12. The largest absolute Gasteiger partial charge is 0.392 e. The molecule has 0 saturated heterocycles. The van der Waals surface area contributed by atoms with E-state index in [1.807, 2.05) is 0 Å². The molecule has 2 aliphatic carbocycles. The summed E-state index contributed by atoms with van der Waals surface area (Å²) in [5, 5.41) is 16.2. The van der Waals surface area contributed by atoms with Crippen LogP contribution in [0.2, 0.25) is 0 Å². The van der Waals surface area contributed by atoms with Crippen molar-refractivity contribution in [1.29, 1.82) is 0 Å². The van der Waals surface area contributed by atoms with Gasteiger partial charge in [0.2, 0.25) is 0 Å². The summed E-state index contributed by atoms with van der Waals surface area (Å²) in [4.78, 5) is 0. The summed E-state index contributed by atoms with van der Waals surface area (Å²) in [5.41, 5.74) is 0. The highest BCUT2D eigenvalue weighted by Gasteiger charge is 2.39. The summed E-state index contributed by atoms with van der Waals surface area (Å²) >= 11 is 5.19. The first-order valence-corrected chi connectivity index (χ1v) is 6.28. The summed E-state index contributed by atoms with van der Waals surface area (Å²) in [6.45, 7) is 2.29. The Hall–Kier alpha value is -0.350. The van der Waals surface area contributed by atoms with E-state index in [9.17, 15) is 0 Å². The third-order valence-corrected chi connectivity index (χ3v) is 3.87. The SMILES string of the molecule is CC(O)CNC(=S)NC1CC2CCC1C2. The maximum Gasteiger partial charge on any atom is 0.166 e. The number of thiocarbonyl (C=S) groups is 1. The van der Waals surface area contributed by atoms with Crippen LogP contribution in [0.15, 0.2) is 0 Å². The zero-order valence-electron chi connectivity index (χ0n) is 9.20. The van der Waals surface area contributed by atoms with Crippen LogP contribution in [0, 0.1) is 11.8 Å². The van der Waals surface area contributed by atoms with Gasteiger partial charge in [-0.25, -0.2) is 0 Å². The quantitative estimate of drug-likeness (QED) is 0.631. The van der Waals surface area contributed by atoms with Crippen molar-refractivity contribution in [2.45, 2.75) is 44.8 Å². The van der Waals surface area contributed by atoms with Gasteiger partial charge in [0.25, 0.3) is 0 Å². The Labute approximate surface area is 96.6 Å². The summed E-state index contributed by atoms with van der Waals surface area (Å²) in [6, 6.07) is 0.581. The normalized spacial score (nSPS) is 35.2. The van der Waals surface area contributed by atoms with E-state index in [-0.39, 0.29) is 6.10 Å². The van der Waals surface area contributed by atoms with Crippen molar-refractivity contribution < 1.29 is 5.11 Å². The van der Waals surface area contributed by atoms with Crippen molar-refractivity contribution in [1.82, 2.24) is 10.6 Å². The number of aliphatic hydroxyl groups is 1. The third kappa shape index (κ3) is 2.82. The number of hydrogen-bond acceptors (Lipinski definition) is 2. The Balaban J connectivity index is 1.71. The van der Waals surface area contributed by atoms with Crippen molar-refractivity contribution in [2.24, 2.45) is 11.8 Å². The second-order valence-electron chi connectivity index (χ2n) is 4.98. The van der Waals surface area contributed by atoms with Crippen LogP contribution in [0.4, 0.5) is 0 Å². The van der Waals surface area contributed by atoms with Crippen molar-refractivity contribution in [3.8, 4) is 0 Å². The molecule has 2 saturated carbocycles. The topological polar surface area (TPSA) is 44.3 Å². The number of fused-ring (bicyclic) bond motifs is 2. The first kappa shape index (κ1) is 11.1. The highest BCUT2D eigenvalue weighted by molar-refractivity contribution is 7.80. The average Bonchev–Trinajstić information content (AvgIpc) is 2.76. The highest BCUT2D eigenvalue weighted by atomic mass is 32.1. The van der Waals surface area contributed by atoms with Gasteiger partial charge in [0.15, 0.2) is 5.11 Å². The first-order chi connectivity index (χ1) is 7.15. The lowest BCUT2D eigenvalue weighted by atomic mass is 9.96. The van der Waals surface area contributed by atoms with E-state index >= 15 is 0 Å².